The number of amides is 1. The third kappa shape index (κ3) is 4.28. The predicted octanol–water partition coefficient (Wildman–Crippen LogP) is 2.58. The van der Waals surface area contributed by atoms with Crippen LogP contribution >= 0.6 is 12.4 Å². The number of aromatic nitrogens is 2. The summed E-state index contributed by atoms with van der Waals surface area (Å²) in [6.45, 7) is 3.31. The number of piperidine rings is 1. The molecule has 2 aromatic rings. The Hall–Kier alpha value is -2.05. The van der Waals surface area contributed by atoms with Crippen LogP contribution in [0.25, 0.3) is 0 Å². The molecule has 3 heterocycles. The lowest BCUT2D eigenvalue weighted by Crippen LogP contribution is -2.39. The zero-order chi connectivity index (χ0) is 17.9. The highest BCUT2D eigenvalue weighted by Gasteiger charge is 2.28. The van der Waals surface area contributed by atoms with Crippen molar-refractivity contribution in [2.24, 2.45) is 5.92 Å². The van der Waals surface area contributed by atoms with Crippen LogP contribution < -0.4 is 10.1 Å². The Morgan fingerprint density at radius 2 is 2.00 bits per heavy atom. The molecular formula is C20H27ClN4O2. The summed E-state index contributed by atoms with van der Waals surface area (Å²) < 4.78 is 5.22. The molecule has 0 unspecified atom stereocenters. The van der Waals surface area contributed by atoms with Crippen molar-refractivity contribution >= 4 is 18.3 Å². The number of benzene rings is 1. The van der Waals surface area contributed by atoms with Gasteiger partial charge in [-0.3, -0.25) is 9.89 Å². The zero-order valence-corrected chi connectivity index (χ0v) is 16.5. The van der Waals surface area contributed by atoms with Crippen molar-refractivity contribution < 1.29 is 9.53 Å². The number of hydrogen-bond acceptors (Lipinski definition) is 4. The Kier molecular flexibility index (Phi) is 6.39. The maximum Gasteiger partial charge on any atom is 0.274 e. The second-order valence-electron chi connectivity index (χ2n) is 7.24. The largest absolute Gasteiger partial charge is 0.497 e. The van der Waals surface area contributed by atoms with Crippen LogP contribution in [0.15, 0.2) is 24.3 Å². The third-order valence-electron chi connectivity index (χ3n) is 5.59. The van der Waals surface area contributed by atoms with Crippen molar-refractivity contribution in [2.45, 2.75) is 32.2 Å². The SMILES string of the molecule is COc1ccc(CC2CCN(C(=O)c3n[nH]c4c3CNCC4)CC2)cc1.Cl. The molecule has 0 aliphatic carbocycles. The first-order valence-corrected chi connectivity index (χ1v) is 9.43. The fourth-order valence-electron chi connectivity index (χ4n) is 3.99. The molecule has 6 nitrogen and oxygen atoms in total. The Morgan fingerprint density at radius 1 is 1.26 bits per heavy atom. The summed E-state index contributed by atoms with van der Waals surface area (Å²) >= 11 is 0. The molecule has 2 aliphatic rings. The van der Waals surface area contributed by atoms with Gasteiger partial charge in [-0.2, -0.15) is 5.10 Å². The smallest absolute Gasteiger partial charge is 0.274 e. The molecule has 1 fully saturated rings. The van der Waals surface area contributed by atoms with E-state index in [2.05, 4.69) is 27.6 Å². The van der Waals surface area contributed by atoms with Gasteiger partial charge < -0.3 is 15.0 Å². The maximum atomic E-state index is 12.9. The second-order valence-corrected chi connectivity index (χ2v) is 7.24. The summed E-state index contributed by atoms with van der Waals surface area (Å²) in [5.41, 5.74) is 4.12. The lowest BCUT2D eigenvalue weighted by molar-refractivity contribution is 0.0683. The number of fused-ring (bicyclic) bond motifs is 1. The maximum absolute atomic E-state index is 12.9. The summed E-state index contributed by atoms with van der Waals surface area (Å²) in [5, 5.41) is 10.7. The van der Waals surface area contributed by atoms with Crippen molar-refractivity contribution in [3.8, 4) is 5.75 Å². The fourth-order valence-corrected chi connectivity index (χ4v) is 3.99. The first-order chi connectivity index (χ1) is 12.7. The monoisotopic (exact) mass is 390 g/mol. The van der Waals surface area contributed by atoms with Gasteiger partial charge in [0.15, 0.2) is 5.69 Å². The number of halogens is 1. The first kappa shape index (κ1) is 19.7. The van der Waals surface area contributed by atoms with Gasteiger partial charge in [-0.05, 0) is 42.9 Å². The molecule has 1 aromatic heterocycles. The normalized spacial score (nSPS) is 17.1. The number of likely N-dealkylation sites (tertiary alicyclic amines) is 1. The molecule has 0 spiro atoms. The van der Waals surface area contributed by atoms with Crippen LogP contribution in [0.4, 0.5) is 0 Å². The molecular weight excluding hydrogens is 364 g/mol. The minimum Gasteiger partial charge on any atom is -0.497 e. The zero-order valence-electron chi connectivity index (χ0n) is 15.7. The van der Waals surface area contributed by atoms with Gasteiger partial charge in [-0.15, -0.1) is 12.4 Å². The van der Waals surface area contributed by atoms with E-state index in [4.69, 9.17) is 4.74 Å². The Bertz CT molecular complexity index is 767. The molecule has 27 heavy (non-hydrogen) atoms. The second kappa shape index (κ2) is 8.76. The van der Waals surface area contributed by atoms with Crippen molar-refractivity contribution in [3.63, 3.8) is 0 Å². The molecule has 1 aromatic carbocycles. The molecule has 0 saturated carbocycles. The van der Waals surface area contributed by atoms with E-state index in [0.717, 1.165) is 68.9 Å². The summed E-state index contributed by atoms with van der Waals surface area (Å²) in [6, 6.07) is 8.31. The lowest BCUT2D eigenvalue weighted by Gasteiger charge is -2.32. The van der Waals surface area contributed by atoms with Crippen molar-refractivity contribution in [3.05, 3.63) is 46.8 Å². The number of H-pyrrole nitrogens is 1. The molecule has 146 valence electrons. The molecule has 4 rings (SSSR count). The van der Waals surface area contributed by atoms with Crippen LogP contribution in [0.5, 0.6) is 5.75 Å². The summed E-state index contributed by atoms with van der Waals surface area (Å²) in [7, 11) is 1.69. The van der Waals surface area contributed by atoms with Crippen LogP contribution in [0.2, 0.25) is 0 Å². The molecule has 1 saturated heterocycles. The van der Waals surface area contributed by atoms with Crippen LogP contribution in [-0.4, -0.2) is 47.7 Å². The number of carbonyl (C=O) groups excluding carboxylic acids is 1. The van der Waals surface area contributed by atoms with Crippen LogP contribution in [-0.2, 0) is 19.4 Å². The van der Waals surface area contributed by atoms with Crippen LogP contribution in [0.1, 0.15) is 40.2 Å². The van der Waals surface area contributed by atoms with E-state index >= 15 is 0 Å². The summed E-state index contributed by atoms with van der Waals surface area (Å²) in [6.07, 6.45) is 4.07. The van der Waals surface area contributed by atoms with Gasteiger partial charge in [-0.1, -0.05) is 12.1 Å². The van der Waals surface area contributed by atoms with E-state index in [1.165, 1.54) is 5.56 Å². The minimum absolute atomic E-state index is 0. The average molecular weight is 391 g/mol. The van der Waals surface area contributed by atoms with Gasteiger partial charge in [0.2, 0.25) is 0 Å². The molecule has 1 amide bonds. The first-order valence-electron chi connectivity index (χ1n) is 9.43. The van der Waals surface area contributed by atoms with Crippen molar-refractivity contribution in [2.75, 3.05) is 26.7 Å². The van der Waals surface area contributed by atoms with Crippen LogP contribution in [0.3, 0.4) is 0 Å². The molecule has 0 radical (unpaired) electrons. The standard InChI is InChI=1S/C20H26N4O2.ClH/c1-26-16-4-2-14(3-5-16)12-15-7-10-24(11-8-15)20(25)19-17-13-21-9-6-18(17)22-23-19;/h2-5,15,21H,6-13H2,1H3,(H,22,23);1H. The van der Waals surface area contributed by atoms with E-state index in [1.807, 2.05) is 17.0 Å². The summed E-state index contributed by atoms with van der Waals surface area (Å²) in [4.78, 5) is 14.8. The van der Waals surface area contributed by atoms with E-state index in [-0.39, 0.29) is 18.3 Å². The number of ether oxygens (including phenoxy) is 1. The molecule has 7 heteroatoms. The Balaban J connectivity index is 0.00000210. The van der Waals surface area contributed by atoms with Gasteiger partial charge in [0, 0.05) is 43.9 Å². The number of hydrogen-bond donors (Lipinski definition) is 2. The fraction of sp³-hybridized carbons (Fsp3) is 0.500. The number of methoxy groups -OCH3 is 1. The van der Waals surface area contributed by atoms with Gasteiger partial charge in [-0.25, -0.2) is 0 Å². The lowest BCUT2D eigenvalue weighted by atomic mass is 9.90. The van der Waals surface area contributed by atoms with Gasteiger partial charge in [0.1, 0.15) is 5.75 Å². The highest BCUT2D eigenvalue weighted by atomic mass is 35.5. The Labute approximate surface area is 166 Å². The van der Waals surface area contributed by atoms with Crippen molar-refractivity contribution in [1.29, 1.82) is 0 Å². The highest BCUT2D eigenvalue weighted by molar-refractivity contribution is 5.94. The molecule has 0 atom stereocenters. The van der Waals surface area contributed by atoms with E-state index in [1.54, 1.807) is 7.11 Å². The minimum atomic E-state index is 0. The number of carbonyl (C=O) groups is 1. The predicted molar refractivity (Wildman–Crippen MR) is 107 cm³/mol. The van der Waals surface area contributed by atoms with E-state index in [0.29, 0.717) is 11.6 Å². The highest BCUT2D eigenvalue weighted by Crippen LogP contribution is 2.25. The quantitative estimate of drug-likeness (QED) is 0.841. The molecule has 0 bridgehead atoms. The van der Waals surface area contributed by atoms with Gasteiger partial charge >= 0.3 is 0 Å². The average Bonchev–Trinajstić information content (AvgIpc) is 3.13. The topological polar surface area (TPSA) is 70.2 Å². The number of aromatic amines is 1. The van der Waals surface area contributed by atoms with E-state index < -0.39 is 0 Å². The van der Waals surface area contributed by atoms with Crippen LogP contribution in [0, 0.1) is 5.92 Å². The molecule has 2 N–H and O–H groups in total. The third-order valence-corrected chi connectivity index (χ3v) is 5.59. The van der Waals surface area contributed by atoms with E-state index in [9.17, 15) is 4.79 Å². The van der Waals surface area contributed by atoms with Gasteiger partial charge in [0.25, 0.3) is 5.91 Å². The van der Waals surface area contributed by atoms with Gasteiger partial charge in [0.05, 0.1) is 7.11 Å². The number of nitrogens with zero attached hydrogens (tertiary/aromatic N) is 2. The Morgan fingerprint density at radius 3 is 2.70 bits per heavy atom. The summed E-state index contributed by atoms with van der Waals surface area (Å²) in [5.74, 6) is 1.60. The number of rotatable bonds is 4. The number of nitrogens with one attached hydrogen (secondary N) is 2. The molecule has 2 aliphatic heterocycles. The van der Waals surface area contributed by atoms with Crippen molar-refractivity contribution in [1.82, 2.24) is 20.4 Å².